The molecule has 2 amide bonds. The van der Waals surface area contributed by atoms with Crippen LogP contribution in [0.1, 0.15) is 37.6 Å². The van der Waals surface area contributed by atoms with E-state index in [1.165, 1.54) is 0 Å². The Balaban J connectivity index is 1.51. The third-order valence-electron chi connectivity index (χ3n) is 6.14. The van der Waals surface area contributed by atoms with Crippen molar-refractivity contribution in [2.45, 2.75) is 31.1 Å². The number of hydrogen-bond acceptors (Lipinski definition) is 7. The molecule has 0 radical (unpaired) electrons. The summed E-state index contributed by atoms with van der Waals surface area (Å²) in [6, 6.07) is 3.81. The summed E-state index contributed by atoms with van der Waals surface area (Å²) in [5.74, 6) is 0.349. The van der Waals surface area contributed by atoms with Gasteiger partial charge in [-0.15, -0.1) is 0 Å². The summed E-state index contributed by atoms with van der Waals surface area (Å²) in [6.07, 6.45) is 8.68. The Morgan fingerprint density at radius 1 is 1.05 bits per heavy atom. The van der Waals surface area contributed by atoms with Crippen molar-refractivity contribution in [1.29, 1.82) is 0 Å². The van der Waals surface area contributed by atoms with Gasteiger partial charge in [0.1, 0.15) is 11.2 Å². The zero-order valence-corrected chi connectivity index (χ0v) is 23.3. The van der Waals surface area contributed by atoms with Gasteiger partial charge in [0.25, 0.3) is 5.91 Å². The topological polar surface area (TPSA) is 145 Å². The number of imidazole rings is 1. The lowest BCUT2D eigenvalue weighted by Crippen LogP contribution is -2.30. The van der Waals surface area contributed by atoms with Crippen molar-refractivity contribution in [2.75, 3.05) is 18.4 Å². The first-order chi connectivity index (χ1) is 18.4. The van der Waals surface area contributed by atoms with Crippen molar-refractivity contribution < 1.29 is 9.59 Å². The molecule has 3 N–H and O–H groups in total. The molecule has 12 heteroatoms. The number of aromatic amines is 2. The molecule has 0 bridgehead atoms. The van der Waals surface area contributed by atoms with Gasteiger partial charge in [0, 0.05) is 53.2 Å². The minimum absolute atomic E-state index is 0.0604. The Hall–Kier alpha value is -3.94. The first-order valence-electron chi connectivity index (χ1n) is 12.2. The molecule has 5 aromatic heterocycles. The number of nitrogens with one attached hydrogen (secondary N) is 3. The molecule has 1 atom stereocenters. The van der Waals surface area contributed by atoms with Crippen LogP contribution in [0, 0.1) is 0 Å². The van der Waals surface area contributed by atoms with Crippen LogP contribution in [0.2, 0.25) is 0 Å². The first-order valence-corrected chi connectivity index (χ1v) is 13.5. The molecule has 1 unspecified atom stereocenters. The number of aromatic nitrogens is 7. The maximum atomic E-state index is 13.0. The maximum absolute atomic E-state index is 13.0. The van der Waals surface area contributed by atoms with Crippen LogP contribution >= 0.6 is 22.6 Å². The quantitative estimate of drug-likeness (QED) is 0.169. The van der Waals surface area contributed by atoms with Gasteiger partial charge in [-0.3, -0.25) is 24.7 Å². The van der Waals surface area contributed by atoms with Crippen LogP contribution in [-0.4, -0.2) is 68.8 Å². The molecule has 5 aromatic rings. The summed E-state index contributed by atoms with van der Waals surface area (Å²) in [5, 5.41) is 11.0. The van der Waals surface area contributed by atoms with Crippen LogP contribution in [0.15, 0.2) is 43.1 Å². The Bertz CT molecular complexity index is 1640. The predicted octanol–water partition coefficient (Wildman–Crippen LogP) is 4.59. The van der Waals surface area contributed by atoms with Crippen molar-refractivity contribution in [3.63, 3.8) is 0 Å². The summed E-state index contributed by atoms with van der Waals surface area (Å²) in [7, 11) is 0. The first kappa shape index (κ1) is 25.7. The van der Waals surface area contributed by atoms with E-state index in [4.69, 9.17) is 4.98 Å². The lowest BCUT2D eigenvalue weighted by Gasteiger charge is -2.18. The van der Waals surface area contributed by atoms with E-state index in [1.807, 2.05) is 32.9 Å². The summed E-state index contributed by atoms with van der Waals surface area (Å²) in [5.41, 5.74) is 5.03. The number of rotatable bonds is 8. The summed E-state index contributed by atoms with van der Waals surface area (Å²) >= 11 is 2.22. The van der Waals surface area contributed by atoms with E-state index in [9.17, 15) is 9.59 Å². The highest BCUT2D eigenvalue weighted by molar-refractivity contribution is 14.1. The molecule has 5 heterocycles. The van der Waals surface area contributed by atoms with Crippen LogP contribution in [0.3, 0.4) is 0 Å². The average Bonchev–Trinajstić information content (AvgIpc) is 3.52. The van der Waals surface area contributed by atoms with Crippen molar-refractivity contribution in [2.24, 2.45) is 0 Å². The zero-order chi connectivity index (χ0) is 26.8. The van der Waals surface area contributed by atoms with E-state index < -0.39 is 0 Å². The predicted molar refractivity (Wildman–Crippen MR) is 154 cm³/mol. The van der Waals surface area contributed by atoms with Crippen LogP contribution in [-0.2, 0) is 4.79 Å². The molecular weight excluding hydrogens is 597 g/mol. The Morgan fingerprint density at radius 3 is 2.58 bits per heavy atom. The minimum atomic E-state index is -0.114. The summed E-state index contributed by atoms with van der Waals surface area (Å²) in [6.45, 7) is 7.06. The van der Waals surface area contributed by atoms with Crippen LogP contribution < -0.4 is 5.32 Å². The van der Waals surface area contributed by atoms with Gasteiger partial charge in [0.2, 0.25) is 5.91 Å². The second-order valence-corrected chi connectivity index (χ2v) is 11.0. The van der Waals surface area contributed by atoms with Gasteiger partial charge in [0.15, 0.2) is 11.5 Å². The third kappa shape index (κ3) is 5.08. The number of carbonyl (C=O) groups excluding carboxylic acids is 2. The molecule has 5 rings (SSSR count). The fourth-order valence-electron chi connectivity index (χ4n) is 4.26. The van der Waals surface area contributed by atoms with E-state index in [0.717, 1.165) is 16.5 Å². The SMILES string of the molecule is CCN(CC)C(=O)c1cncc2[nH]c(-c3[nH]nc4ncc(-c5cncc(NC(=O)CC(C)I)c5)cc34)nc12. The molecule has 0 saturated carbocycles. The number of fused-ring (bicyclic) bond motifs is 2. The lowest BCUT2D eigenvalue weighted by molar-refractivity contribution is -0.116. The number of H-pyrrole nitrogens is 2. The van der Waals surface area contributed by atoms with Gasteiger partial charge >= 0.3 is 0 Å². The van der Waals surface area contributed by atoms with E-state index in [-0.39, 0.29) is 15.7 Å². The molecule has 194 valence electrons. The molecule has 0 aliphatic carbocycles. The Morgan fingerprint density at radius 2 is 1.82 bits per heavy atom. The third-order valence-corrected chi connectivity index (χ3v) is 6.58. The fourth-order valence-corrected chi connectivity index (χ4v) is 4.66. The Labute approximate surface area is 232 Å². The number of hydrogen-bond donors (Lipinski definition) is 3. The molecule has 0 spiro atoms. The lowest BCUT2D eigenvalue weighted by atomic mass is 10.1. The second kappa shape index (κ2) is 10.8. The van der Waals surface area contributed by atoms with Crippen molar-refractivity contribution >= 4 is 62.2 Å². The van der Waals surface area contributed by atoms with Crippen molar-refractivity contribution in [1.82, 2.24) is 40.0 Å². The minimum Gasteiger partial charge on any atom is -0.339 e. The second-order valence-electron chi connectivity index (χ2n) is 8.84. The summed E-state index contributed by atoms with van der Waals surface area (Å²) in [4.78, 5) is 48.1. The van der Waals surface area contributed by atoms with Gasteiger partial charge in [0.05, 0.1) is 34.5 Å². The van der Waals surface area contributed by atoms with Gasteiger partial charge in [-0.1, -0.05) is 29.5 Å². The van der Waals surface area contributed by atoms with Crippen molar-refractivity contribution in [3.05, 3.63) is 48.7 Å². The standard InChI is InChI=1S/C26H26IN9O2/c1-4-36(5-2)26(38)19-12-29-13-20-22(19)33-25(32-20)23-18-8-16(10-30-24(18)35-34-23)15-7-17(11-28-9-15)31-21(37)6-14(3)27/h7-14H,4-6H2,1-3H3,(H,31,37)(H,32,33)(H,30,34,35). The van der Waals surface area contributed by atoms with Crippen LogP contribution in [0.25, 0.3) is 44.7 Å². The molecule has 0 aliphatic heterocycles. The number of pyridine rings is 3. The van der Waals surface area contributed by atoms with Crippen LogP contribution in [0.5, 0.6) is 0 Å². The zero-order valence-electron chi connectivity index (χ0n) is 21.1. The fraction of sp³-hybridized carbons (Fsp3) is 0.269. The maximum Gasteiger partial charge on any atom is 0.257 e. The Kier molecular flexibility index (Phi) is 7.31. The van der Waals surface area contributed by atoms with E-state index in [1.54, 1.807) is 35.9 Å². The number of anilines is 1. The van der Waals surface area contributed by atoms with Gasteiger partial charge in [-0.25, -0.2) is 9.97 Å². The van der Waals surface area contributed by atoms with Gasteiger partial charge in [-0.2, -0.15) is 5.10 Å². The van der Waals surface area contributed by atoms with Crippen LogP contribution in [0.4, 0.5) is 5.69 Å². The highest BCUT2D eigenvalue weighted by Crippen LogP contribution is 2.30. The monoisotopic (exact) mass is 623 g/mol. The van der Waals surface area contributed by atoms with E-state index in [0.29, 0.717) is 59.0 Å². The molecule has 0 aliphatic rings. The number of alkyl halides is 1. The normalized spacial score (nSPS) is 12.1. The number of nitrogens with zero attached hydrogens (tertiary/aromatic N) is 6. The largest absolute Gasteiger partial charge is 0.339 e. The molecule has 0 saturated heterocycles. The average molecular weight is 623 g/mol. The smallest absolute Gasteiger partial charge is 0.257 e. The molecule has 0 aromatic carbocycles. The number of carbonyl (C=O) groups is 2. The number of halogens is 1. The highest BCUT2D eigenvalue weighted by atomic mass is 127. The molecule has 38 heavy (non-hydrogen) atoms. The number of amides is 2. The molecular formula is C26H26IN9O2. The highest BCUT2D eigenvalue weighted by Gasteiger charge is 2.21. The van der Waals surface area contributed by atoms with E-state index >= 15 is 0 Å². The molecule has 11 nitrogen and oxygen atoms in total. The van der Waals surface area contributed by atoms with Gasteiger partial charge < -0.3 is 15.2 Å². The van der Waals surface area contributed by atoms with Gasteiger partial charge in [-0.05, 0) is 26.0 Å². The van der Waals surface area contributed by atoms with Crippen molar-refractivity contribution in [3.8, 4) is 22.6 Å². The summed E-state index contributed by atoms with van der Waals surface area (Å²) < 4.78 is 0.232. The van der Waals surface area contributed by atoms with E-state index in [2.05, 4.69) is 58.0 Å². The molecule has 0 fully saturated rings.